The fourth-order valence-electron chi connectivity index (χ4n) is 3.06. The quantitative estimate of drug-likeness (QED) is 0.625. The predicted octanol–water partition coefficient (Wildman–Crippen LogP) is 4.47. The van der Waals surface area contributed by atoms with E-state index in [1.165, 1.54) is 7.11 Å². The third kappa shape index (κ3) is 7.10. The van der Waals surface area contributed by atoms with Gasteiger partial charge in [0.25, 0.3) is 11.8 Å². The molecule has 30 heavy (non-hydrogen) atoms. The van der Waals surface area contributed by atoms with Crippen molar-refractivity contribution in [3.05, 3.63) is 54.1 Å². The van der Waals surface area contributed by atoms with Crippen molar-refractivity contribution in [3.63, 3.8) is 0 Å². The molecule has 0 aliphatic carbocycles. The summed E-state index contributed by atoms with van der Waals surface area (Å²) in [5.41, 5.74) is 1.09. The van der Waals surface area contributed by atoms with Gasteiger partial charge in [-0.2, -0.15) is 0 Å². The Balaban J connectivity index is 1.94. The van der Waals surface area contributed by atoms with E-state index >= 15 is 0 Å². The van der Waals surface area contributed by atoms with Crippen molar-refractivity contribution in [1.82, 2.24) is 4.90 Å². The minimum absolute atomic E-state index is 0.00758. The first-order valence-electron chi connectivity index (χ1n) is 10.2. The number of carbonyl (C=O) groups is 2. The Labute approximate surface area is 179 Å². The lowest BCUT2D eigenvalue weighted by Gasteiger charge is -2.26. The summed E-state index contributed by atoms with van der Waals surface area (Å²) in [4.78, 5) is 26.9. The fraction of sp³-hybridized carbons (Fsp3) is 0.417. The molecule has 0 spiro atoms. The number of benzene rings is 2. The van der Waals surface area contributed by atoms with Gasteiger partial charge in [-0.05, 0) is 48.2 Å². The number of hydrogen-bond donors (Lipinski definition) is 1. The molecule has 0 saturated carbocycles. The largest absolute Gasteiger partial charge is 0.496 e. The van der Waals surface area contributed by atoms with E-state index in [0.717, 1.165) is 0 Å². The first-order valence-corrected chi connectivity index (χ1v) is 10.2. The van der Waals surface area contributed by atoms with E-state index in [9.17, 15) is 9.59 Å². The lowest BCUT2D eigenvalue weighted by molar-refractivity contribution is -0.134. The summed E-state index contributed by atoms with van der Waals surface area (Å²) in [6.45, 7) is 9.81. The van der Waals surface area contributed by atoms with Gasteiger partial charge in [-0.15, -0.1) is 0 Å². The summed E-state index contributed by atoms with van der Waals surface area (Å²) >= 11 is 0. The Hall–Kier alpha value is -3.02. The van der Waals surface area contributed by atoms with Gasteiger partial charge in [0.2, 0.25) is 0 Å². The lowest BCUT2D eigenvalue weighted by Crippen LogP contribution is -2.39. The Bertz CT molecular complexity index is 821. The number of ether oxygens (including phenoxy) is 2. The maximum absolute atomic E-state index is 12.5. The molecule has 0 aliphatic heterocycles. The molecule has 0 radical (unpaired) electrons. The molecule has 6 nitrogen and oxygen atoms in total. The summed E-state index contributed by atoms with van der Waals surface area (Å²) in [5, 5.41) is 2.84. The molecular weight excluding hydrogens is 380 g/mol. The van der Waals surface area contributed by atoms with Crippen LogP contribution in [0.4, 0.5) is 5.69 Å². The lowest BCUT2D eigenvalue weighted by atomic mass is 10.1. The molecule has 0 saturated heterocycles. The van der Waals surface area contributed by atoms with Crippen LogP contribution >= 0.6 is 0 Å². The van der Waals surface area contributed by atoms with Gasteiger partial charge < -0.3 is 19.7 Å². The minimum Gasteiger partial charge on any atom is -0.496 e. The smallest absolute Gasteiger partial charge is 0.260 e. The predicted molar refractivity (Wildman–Crippen MR) is 119 cm³/mol. The van der Waals surface area contributed by atoms with Crippen molar-refractivity contribution < 1.29 is 19.1 Å². The van der Waals surface area contributed by atoms with Crippen molar-refractivity contribution in [2.24, 2.45) is 11.8 Å². The molecule has 0 heterocycles. The van der Waals surface area contributed by atoms with Crippen molar-refractivity contribution in [3.8, 4) is 11.5 Å². The second kappa shape index (κ2) is 11.2. The standard InChI is InChI=1S/C24H32N2O4/c1-17(2)14-26(15-18(3)4)23(27)16-30-20-12-10-19(11-13-20)25-24(28)21-8-6-7-9-22(21)29-5/h6-13,17-18H,14-16H2,1-5H3,(H,25,28). The van der Waals surface area contributed by atoms with E-state index in [1.807, 2.05) is 11.0 Å². The Kier molecular flexibility index (Phi) is 8.71. The van der Waals surface area contributed by atoms with Gasteiger partial charge in [-0.3, -0.25) is 9.59 Å². The van der Waals surface area contributed by atoms with Gasteiger partial charge in [-0.1, -0.05) is 39.8 Å². The van der Waals surface area contributed by atoms with Gasteiger partial charge in [0, 0.05) is 18.8 Å². The SMILES string of the molecule is COc1ccccc1C(=O)Nc1ccc(OCC(=O)N(CC(C)C)CC(C)C)cc1. The van der Waals surface area contributed by atoms with E-state index < -0.39 is 0 Å². The normalized spacial score (nSPS) is 10.8. The number of nitrogens with zero attached hydrogens (tertiary/aromatic N) is 1. The average Bonchev–Trinajstić information content (AvgIpc) is 2.71. The first kappa shape index (κ1) is 23.3. The molecule has 1 N–H and O–H groups in total. The number of para-hydroxylation sites is 1. The average molecular weight is 413 g/mol. The highest BCUT2D eigenvalue weighted by molar-refractivity contribution is 6.06. The summed E-state index contributed by atoms with van der Waals surface area (Å²) in [5.74, 6) is 1.62. The zero-order valence-corrected chi connectivity index (χ0v) is 18.5. The summed E-state index contributed by atoms with van der Waals surface area (Å²) in [6.07, 6.45) is 0. The molecule has 6 heteroatoms. The molecule has 0 atom stereocenters. The third-order valence-electron chi connectivity index (χ3n) is 4.35. The van der Waals surface area contributed by atoms with E-state index in [-0.39, 0.29) is 18.4 Å². The minimum atomic E-state index is -0.255. The van der Waals surface area contributed by atoms with Crippen LogP contribution in [0, 0.1) is 11.8 Å². The molecule has 2 aromatic rings. The topological polar surface area (TPSA) is 67.9 Å². The Morgan fingerprint density at radius 2 is 1.53 bits per heavy atom. The van der Waals surface area contributed by atoms with Gasteiger partial charge in [0.15, 0.2) is 6.61 Å². The van der Waals surface area contributed by atoms with Crippen LogP contribution in [0.3, 0.4) is 0 Å². The summed E-state index contributed by atoms with van der Waals surface area (Å²) in [7, 11) is 1.53. The molecule has 0 fully saturated rings. The van der Waals surface area contributed by atoms with E-state index in [2.05, 4.69) is 33.0 Å². The van der Waals surface area contributed by atoms with Crippen molar-refractivity contribution >= 4 is 17.5 Å². The van der Waals surface area contributed by atoms with Crippen LogP contribution in [0.15, 0.2) is 48.5 Å². The van der Waals surface area contributed by atoms with Crippen LogP contribution in [0.25, 0.3) is 0 Å². The van der Waals surface area contributed by atoms with Gasteiger partial charge >= 0.3 is 0 Å². The molecule has 2 rings (SSSR count). The summed E-state index contributed by atoms with van der Waals surface area (Å²) in [6, 6.07) is 14.0. The molecule has 0 bridgehead atoms. The Morgan fingerprint density at radius 3 is 2.10 bits per heavy atom. The maximum Gasteiger partial charge on any atom is 0.260 e. The number of amides is 2. The first-order chi connectivity index (χ1) is 14.3. The van der Waals surface area contributed by atoms with Crippen molar-refractivity contribution in [1.29, 1.82) is 0 Å². The highest BCUT2D eigenvalue weighted by Crippen LogP contribution is 2.21. The van der Waals surface area contributed by atoms with E-state index in [0.29, 0.717) is 47.7 Å². The maximum atomic E-state index is 12.5. The molecule has 2 aromatic carbocycles. The zero-order valence-electron chi connectivity index (χ0n) is 18.5. The Morgan fingerprint density at radius 1 is 0.933 bits per heavy atom. The number of methoxy groups -OCH3 is 1. The van der Waals surface area contributed by atoms with Gasteiger partial charge in [-0.25, -0.2) is 0 Å². The van der Waals surface area contributed by atoms with Crippen LogP contribution < -0.4 is 14.8 Å². The second-order valence-corrected chi connectivity index (χ2v) is 8.05. The number of anilines is 1. The molecule has 0 unspecified atom stereocenters. The van der Waals surface area contributed by atoms with Crippen LogP contribution in [-0.4, -0.2) is 43.5 Å². The van der Waals surface area contributed by atoms with Gasteiger partial charge in [0.05, 0.1) is 12.7 Å². The van der Waals surface area contributed by atoms with Crippen LogP contribution in [-0.2, 0) is 4.79 Å². The molecule has 0 aromatic heterocycles. The third-order valence-corrected chi connectivity index (χ3v) is 4.35. The van der Waals surface area contributed by atoms with E-state index in [4.69, 9.17) is 9.47 Å². The highest BCUT2D eigenvalue weighted by atomic mass is 16.5. The number of carbonyl (C=O) groups excluding carboxylic acids is 2. The van der Waals surface area contributed by atoms with Crippen LogP contribution in [0.1, 0.15) is 38.1 Å². The fourth-order valence-corrected chi connectivity index (χ4v) is 3.06. The highest BCUT2D eigenvalue weighted by Gasteiger charge is 2.17. The van der Waals surface area contributed by atoms with Crippen LogP contribution in [0.2, 0.25) is 0 Å². The number of nitrogens with one attached hydrogen (secondary N) is 1. The molecule has 0 aliphatic rings. The number of hydrogen-bond acceptors (Lipinski definition) is 4. The number of rotatable bonds is 10. The molecular formula is C24H32N2O4. The van der Waals surface area contributed by atoms with Crippen molar-refractivity contribution in [2.75, 3.05) is 32.1 Å². The van der Waals surface area contributed by atoms with Crippen LogP contribution in [0.5, 0.6) is 11.5 Å². The van der Waals surface area contributed by atoms with E-state index in [1.54, 1.807) is 42.5 Å². The summed E-state index contributed by atoms with van der Waals surface area (Å²) < 4.78 is 10.9. The molecule has 2 amide bonds. The monoisotopic (exact) mass is 412 g/mol. The second-order valence-electron chi connectivity index (χ2n) is 8.05. The van der Waals surface area contributed by atoms with Gasteiger partial charge in [0.1, 0.15) is 11.5 Å². The molecule has 162 valence electrons. The van der Waals surface area contributed by atoms with Crippen molar-refractivity contribution in [2.45, 2.75) is 27.7 Å². The zero-order chi connectivity index (χ0) is 22.1.